The van der Waals surface area contributed by atoms with Crippen molar-refractivity contribution in [3.63, 3.8) is 0 Å². The molecule has 1 N–H and O–H groups in total. The molecule has 2 heterocycles. The third-order valence-electron chi connectivity index (χ3n) is 2.85. The van der Waals surface area contributed by atoms with Crippen molar-refractivity contribution in [1.82, 2.24) is 14.8 Å². The molecule has 2 aromatic heterocycles. The van der Waals surface area contributed by atoms with Gasteiger partial charge in [0.15, 0.2) is 0 Å². The van der Waals surface area contributed by atoms with Gasteiger partial charge in [-0.15, -0.1) is 11.3 Å². The number of nitrogens with zero attached hydrogens (tertiary/aromatic N) is 4. The SMILES string of the molecule is Cc1cnc(CNc2c([N+](=O)[O-])c(C(C)C)nn2C)s1. The van der Waals surface area contributed by atoms with E-state index < -0.39 is 0 Å². The van der Waals surface area contributed by atoms with E-state index >= 15 is 0 Å². The lowest BCUT2D eigenvalue weighted by atomic mass is 10.1. The van der Waals surface area contributed by atoms with Gasteiger partial charge in [-0.2, -0.15) is 5.10 Å². The predicted molar refractivity (Wildman–Crippen MR) is 78.1 cm³/mol. The molecule has 0 bridgehead atoms. The van der Waals surface area contributed by atoms with Crippen molar-refractivity contribution in [2.45, 2.75) is 33.2 Å². The van der Waals surface area contributed by atoms with Crippen LogP contribution in [0.3, 0.4) is 0 Å². The van der Waals surface area contributed by atoms with E-state index in [1.807, 2.05) is 20.8 Å². The van der Waals surface area contributed by atoms with Crippen molar-refractivity contribution >= 4 is 22.8 Å². The van der Waals surface area contributed by atoms with Crippen LogP contribution in [-0.4, -0.2) is 19.7 Å². The second-order valence-corrected chi connectivity index (χ2v) is 6.16. The maximum atomic E-state index is 11.3. The second kappa shape index (κ2) is 5.58. The van der Waals surface area contributed by atoms with E-state index in [1.165, 1.54) is 4.68 Å². The molecule has 0 aromatic carbocycles. The molecule has 20 heavy (non-hydrogen) atoms. The first kappa shape index (κ1) is 14.4. The van der Waals surface area contributed by atoms with Crippen LogP contribution in [0.2, 0.25) is 0 Å². The summed E-state index contributed by atoms with van der Waals surface area (Å²) in [4.78, 5) is 16.2. The molecule has 7 nitrogen and oxygen atoms in total. The maximum Gasteiger partial charge on any atom is 0.334 e. The van der Waals surface area contributed by atoms with E-state index in [0.29, 0.717) is 18.1 Å². The molecule has 2 aromatic rings. The summed E-state index contributed by atoms with van der Waals surface area (Å²) in [6, 6.07) is 0. The molecule has 0 radical (unpaired) electrons. The number of aromatic nitrogens is 3. The molecular weight excluding hydrogens is 278 g/mol. The zero-order chi connectivity index (χ0) is 14.9. The maximum absolute atomic E-state index is 11.3. The summed E-state index contributed by atoms with van der Waals surface area (Å²) >= 11 is 1.57. The first-order chi connectivity index (χ1) is 9.40. The monoisotopic (exact) mass is 295 g/mol. The number of hydrogen-bond donors (Lipinski definition) is 1. The molecule has 8 heteroatoms. The molecule has 0 saturated carbocycles. The fourth-order valence-corrected chi connectivity index (χ4v) is 2.67. The van der Waals surface area contributed by atoms with E-state index in [-0.39, 0.29) is 16.5 Å². The zero-order valence-corrected chi connectivity index (χ0v) is 12.7. The number of rotatable bonds is 5. The van der Waals surface area contributed by atoms with Gasteiger partial charge in [0.1, 0.15) is 10.7 Å². The van der Waals surface area contributed by atoms with Crippen LogP contribution < -0.4 is 5.32 Å². The lowest BCUT2D eigenvalue weighted by Crippen LogP contribution is -2.06. The normalized spacial score (nSPS) is 11.1. The van der Waals surface area contributed by atoms with Gasteiger partial charge in [-0.25, -0.2) is 9.67 Å². The average molecular weight is 295 g/mol. The summed E-state index contributed by atoms with van der Waals surface area (Å²) in [6.45, 7) is 6.22. The van der Waals surface area contributed by atoms with E-state index in [9.17, 15) is 10.1 Å². The number of nitro groups is 1. The Hall–Kier alpha value is -1.96. The topological polar surface area (TPSA) is 85.9 Å². The average Bonchev–Trinajstić information content (AvgIpc) is 2.90. The first-order valence-electron chi connectivity index (χ1n) is 6.26. The number of aryl methyl sites for hydroxylation is 2. The van der Waals surface area contributed by atoms with Gasteiger partial charge >= 0.3 is 5.69 Å². The molecule has 0 saturated heterocycles. The molecule has 0 fully saturated rings. The van der Waals surface area contributed by atoms with Crippen LogP contribution >= 0.6 is 11.3 Å². The van der Waals surface area contributed by atoms with Crippen LogP contribution in [-0.2, 0) is 13.6 Å². The van der Waals surface area contributed by atoms with E-state index in [2.05, 4.69) is 15.4 Å². The van der Waals surface area contributed by atoms with Crippen LogP contribution in [0.5, 0.6) is 0 Å². The Morgan fingerprint density at radius 1 is 1.55 bits per heavy atom. The van der Waals surface area contributed by atoms with Gasteiger partial charge in [0.2, 0.25) is 5.82 Å². The van der Waals surface area contributed by atoms with E-state index in [0.717, 1.165) is 9.88 Å². The molecule has 0 atom stereocenters. The van der Waals surface area contributed by atoms with Gasteiger partial charge in [-0.3, -0.25) is 10.1 Å². The van der Waals surface area contributed by atoms with Gasteiger partial charge in [-0.1, -0.05) is 13.8 Å². The predicted octanol–water partition coefficient (Wildman–Crippen LogP) is 2.83. The van der Waals surface area contributed by atoms with Crippen LogP contribution in [0.1, 0.15) is 35.3 Å². The summed E-state index contributed by atoms with van der Waals surface area (Å²) in [5.41, 5.74) is 0.547. The molecule has 0 aliphatic heterocycles. The van der Waals surface area contributed by atoms with Crippen LogP contribution in [0, 0.1) is 17.0 Å². The highest BCUT2D eigenvalue weighted by atomic mass is 32.1. The molecule has 0 aliphatic rings. The minimum atomic E-state index is -0.377. The van der Waals surface area contributed by atoms with Crippen molar-refractivity contribution in [3.8, 4) is 0 Å². The number of nitrogens with one attached hydrogen (secondary N) is 1. The molecule has 108 valence electrons. The summed E-state index contributed by atoms with van der Waals surface area (Å²) in [5.74, 6) is 0.422. The van der Waals surface area contributed by atoms with Crippen LogP contribution in [0.4, 0.5) is 11.5 Å². The molecular formula is C12H17N5O2S. The van der Waals surface area contributed by atoms with Gasteiger partial charge in [0, 0.05) is 24.0 Å². The smallest absolute Gasteiger partial charge is 0.334 e. The minimum Gasteiger partial charge on any atom is -0.358 e. The Kier molecular flexibility index (Phi) is 4.03. The first-order valence-corrected chi connectivity index (χ1v) is 7.08. The standard InChI is InChI=1S/C12H17N5O2S/c1-7(2)10-11(17(18)19)12(16(4)15-10)14-6-9-13-5-8(3)20-9/h5,7,14H,6H2,1-4H3. The van der Waals surface area contributed by atoms with Crippen molar-refractivity contribution < 1.29 is 4.92 Å². The van der Waals surface area contributed by atoms with Crippen LogP contribution in [0.25, 0.3) is 0 Å². The molecule has 0 amide bonds. The number of hydrogen-bond acceptors (Lipinski definition) is 6. The Balaban J connectivity index is 2.28. The van der Waals surface area contributed by atoms with Crippen LogP contribution in [0.15, 0.2) is 6.20 Å². The van der Waals surface area contributed by atoms with Crippen molar-refractivity contribution in [3.05, 3.63) is 31.9 Å². The highest BCUT2D eigenvalue weighted by Gasteiger charge is 2.28. The summed E-state index contributed by atoms with van der Waals surface area (Å²) in [5, 5.41) is 19.5. The lowest BCUT2D eigenvalue weighted by Gasteiger charge is -2.04. The van der Waals surface area contributed by atoms with Crippen molar-refractivity contribution in [1.29, 1.82) is 0 Å². The van der Waals surface area contributed by atoms with Gasteiger partial charge in [-0.05, 0) is 6.92 Å². The summed E-state index contributed by atoms with van der Waals surface area (Å²) in [6.07, 6.45) is 1.79. The van der Waals surface area contributed by atoms with E-state index in [1.54, 1.807) is 24.6 Å². The summed E-state index contributed by atoms with van der Waals surface area (Å²) < 4.78 is 1.52. The van der Waals surface area contributed by atoms with Crippen molar-refractivity contribution in [2.24, 2.45) is 7.05 Å². The lowest BCUT2D eigenvalue weighted by molar-refractivity contribution is -0.384. The Labute approximate surface area is 120 Å². The van der Waals surface area contributed by atoms with Crippen molar-refractivity contribution in [2.75, 3.05) is 5.32 Å². The minimum absolute atomic E-state index is 0.000688. The van der Waals surface area contributed by atoms with Gasteiger partial charge < -0.3 is 5.32 Å². The van der Waals surface area contributed by atoms with E-state index in [4.69, 9.17) is 0 Å². The Bertz CT molecular complexity index is 632. The third kappa shape index (κ3) is 2.79. The highest BCUT2D eigenvalue weighted by molar-refractivity contribution is 7.11. The van der Waals surface area contributed by atoms with Gasteiger partial charge in [0.05, 0.1) is 11.5 Å². The second-order valence-electron chi connectivity index (χ2n) is 4.84. The fourth-order valence-electron chi connectivity index (χ4n) is 1.94. The number of anilines is 1. The highest BCUT2D eigenvalue weighted by Crippen LogP contribution is 2.33. The molecule has 0 spiro atoms. The molecule has 2 rings (SSSR count). The molecule has 0 aliphatic carbocycles. The third-order valence-corrected chi connectivity index (χ3v) is 3.77. The summed E-state index contributed by atoms with van der Waals surface area (Å²) in [7, 11) is 1.70. The fraction of sp³-hybridized carbons (Fsp3) is 0.500. The largest absolute Gasteiger partial charge is 0.358 e. The molecule has 0 unspecified atom stereocenters. The quantitative estimate of drug-likeness (QED) is 0.677. The number of thiazole rings is 1. The van der Waals surface area contributed by atoms with Gasteiger partial charge in [0.25, 0.3) is 0 Å². The Morgan fingerprint density at radius 2 is 2.25 bits per heavy atom. The Morgan fingerprint density at radius 3 is 2.75 bits per heavy atom. The zero-order valence-electron chi connectivity index (χ0n) is 11.9.